The highest BCUT2D eigenvalue weighted by Gasteiger charge is 2.31. The van der Waals surface area contributed by atoms with Crippen LogP contribution in [0.25, 0.3) is 22.3 Å². The van der Waals surface area contributed by atoms with Crippen molar-refractivity contribution in [1.29, 1.82) is 0 Å². The standard InChI is InChI=1S/C24H22N4O3/c1-30-20-9-10-21(31-2)22-17(20)13-28(14-19(22)29)24-16-7-3-4-8-18(16)26-23(27-24)15-6-5-11-25-12-15/h3-12,19,29H,13-14H2,1-2H3. The van der Waals surface area contributed by atoms with Crippen LogP contribution in [-0.4, -0.2) is 40.8 Å². The van der Waals surface area contributed by atoms with Crippen molar-refractivity contribution < 1.29 is 14.6 Å². The quantitative estimate of drug-likeness (QED) is 0.544. The Morgan fingerprint density at radius 3 is 2.55 bits per heavy atom. The molecule has 156 valence electrons. The first-order valence-corrected chi connectivity index (χ1v) is 10.0. The summed E-state index contributed by atoms with van der Waals surface area (Å²) >= 11 is 0. The molecule has 7 heteroatoms. The number of aliphatic hydroxyl groups is 1. The minimum Gasteiger partial charge on any atom is -0.496 e. The lowest BCUT2D eigenvalue weighted by Crippen LogP contribution is -2.35. The zero-order valence-electron chi connectivity index (χ0n) is 17.3. The minimum absolute atomic E-state index is 0.379. The summed E-state index contributed by atoms with van der Waals surface area (Å²) in [7, 11) is 3.24. The van der Waals surface area contributed by atoms with E-state index in [9.17, 15) is 5.11 Å². The van der Waals surface area contributed by atoms with Crippen molar-refractivity contribution in [3.05, 3.63) is 72.1 Å². The largest absolute Gasteiger partial charge is 0.496 e. The van der Waals surface area contributed by atoms with Crippen molar-refractivity contribution >= 4 is 16.7 Å². The van der Waals surface area contributed by atoms with E-state index >= 15 is 0 Å². The first-order valence-electron chi connectivity index (χ1n) is 10.0. The highest BCUT2D eigenvalue weighted by Crippen LogP contribution is 2.41. The fraction of sp³-hybridized carbons (Fsp3) is 0.208. The van der Waals surface area contributed by atoms with Crippen LogP contribution in [0.4, 0.5) is 5.82 Å². The van der Waals surface area contributed by atoms with E-state index in [1.54, 1.807) is 26.6 Å². The molecule has 1 unspecified atom stereocenters. The molecule has 3 heterocycles. The number of anilines is 1. The maximum Gasteiger partial charge on any atom is 0.163 e. The summed E-state index contributed by atoms with van der Waals surface area (Å²) in [6.45, 7) is 0.907. The third-order valence-electron chi connectivity index (χ3n) is 5.59. The van der Waals surface area contributed by atoms with Gasteiger partial charge in [-0.3, -0.25) is 4.98 Å². The predicted octanol–water partition coefficient (Wildman–Crippen LogP) is 3.76. The van der Waals surface area contributed by atoms with Gasteiger partial charge in [0.2, 0.25) is 0 Å². The molecule has 0 saturated heterocycles. The lowest BCUT2D eigenvalue weighted by Gasteiger charge is -2.35. The van der Waals surface area contributed by atoms with E-state index in [-0.39, 0.29) is 0 Å². The monoisotopic (exact) mass is 414 g/mol. The van der Waals surface area contributed by atoms with Gasteiger partial charge >= 0.3 is 0 Å². The topological polar surface area (TPSA) is 80.6 Å². The number of fused-ring (bicyclic) bond motifs is 2. The van der Waals surface area contributed by atoms with Crippen LogP contribution >= 0.6 is 0 Å². The molecule has 4 aromatic rings. The third-order valence-corrected chi connectivity index (χ3v) is 5.59. The minimum atomic E-state index is -0.746. The summed E-state index contributed by atoms with van der Waals surface area (Å²) in [5, 5.41) is 12.0. The smallest absolute Gasteiger partial charge is 0.163 e. The molecule has 0 aliphatic carbocycles. The normalized spacial score (nSPS) is 15.6. The molecule has 31 heavy (non-hydrogen) atoms. The number of β-amino-alcohol motifs (C(OH)–C–C–N with tert-alkyl or cyclic N) is 1. The first-order chi connectivity index (χ1) is 15.2. The number of aromatic nitrogens is 3. The molecule has 0 bridgehead atoms. The van der Waals surface area contributed by atoms with E-state index in [0.29, 0.717) is 30.4 Å². The molecule has 0 radical (unpaired) electrons. The number of benzene rings is 2. The van der Waals surface area contributed by atoms with Gasteiger partial charge in [-0.1, -0.05) is 12.1 Å². The molecule has 0 saturated carbocycles. The van der Waals surface area contributed by atoms with Gasteiger partial charge in [-0.15, -0.1) is 0 Å². The Morgan fingerprint density at radius 2 is 1.77 bits per heavy atom. The van der Waals surface area contributed by atoms with Gasteiger partial charge in [0.15, 0.2) is 5.82 Å². The summed E-state index contributed by atoms with van der Waals surface area (Å²) in [6, 6.07) is 15.4. The summed E-state index contributed by atoms with van der Waals surface area (Å²) in [6.07, 6.45) is 2.73. The lowest BCUT2D eigenvalue weighted by atomic mass is 9.95. The summed E-state index contributed by atoms with van der Waals surface area (Å²) in [5.41, 5.74) is 3.34. The zero-order valence-corrected chi connectivity index (χ0v) is 17.3. The second-order valence-corrected chi connectivity index (χ2v) is 7.39. The van der Waals surface area contributed by atoms with Gasteiger partial charge in [-0.05, 0) is 36.4 Å². The van der Waals surface area contributed by atoms with Crippen molar-refractivity contribution in [1.82, 2.24) is 15.0 Å². The average molecular weight is 414 g/mol. The number of nitrogens with zero attached hydrogens (tertiary/aromatic N) is 4. The van der Waals surface area contributed by atoms with Crippen LogP contribution in [0.2, 0.25) is 0 Å². The lowest BCUT2D eigenvalue weighted by molar-refractivity contribution is 0.169. The van der Waals surface area contributed by atoms with Gasteiger partial charge in [0, 0.05) is 41.0 Å². The Balaban J connectivity index is 1.67. The number of rotatable bonds is 4. The van der Waals surface area contributed by atoms with Crippen LogP contribution in [0.3, 0.4) is 0 Å². The average Bonchev–Trinajstić information content (AvgIpc) is 2.83. The van der Waals surface area contributed by atoms with E-state index in [4.69, 9.17) is 19.4 Å². The molecular formula is C24H22N4O3. The Kier molecular flexibility index (Phi) is 4.88. The van der Waals surface area contributed by atoms with Crippen LogP contribution in [0.5, 0.6) is 11.5 Å². The summed E-state index contributed by atoms with van der Waals surface area (Å²) in [5.74, 6) is 2.73. The molecule has 7 nitrogen and oxygen atoms in total. The van der Waals surface area contributed by atoms with E-state index in [1.807, 2.05) is 48.5 Å². The molecule has 5 rings (SSSR count). The highest BCUT2D eigenvalue weighted by molar-refractivity contribution is 5.91. The molecular weight excluding hydrogens is 392 g/mol. The van der Waals surface area contributed by atoms with Gasteiger partial charge in [-0.2, -0.15) is 0 Å². The fourth-order valence-corrected chi connectivity index (χ4v) is 4.16. The van der Waals surface area contributed by atoms with Gasteiger partial charge < -0.3 is 19.5 Å². The number of aliphatic hydroxyl groups excluding tert-OH is 1. The Morgan fingerprint density at radius 1 is 0.968 bits per heavy atom. The van der Waals surface area contributed by atoms with Gasteiger partial charge in [-0.25, -0.2) is 9.97 Å². The van der Waals surface area contributed by atoms with Crippen molar-refractivity contribution in [3.63, 3.8) is 0 Å². The molecule has 1 aliphatic heterocycles. The molecule has 0 amide bonds. The second kappa shape index (κ2) is 7.85. The predicted molar refractivity (Wildman–Crippen MR) is 118 cm³/mol. The highest BCUT2D eigenvalue weighted by atomic mass is 16.5. The molecule has 1 N–H and O–H groups in total. The van der Waals surface area contributed by atoms with Crippen molar-refractivity contribution in [2.75, 3.05) is 25.7 Å². The van der Waals surface area contributed by atoms with Gasteiger partial charge in [0.1, 0.15) is 23.4 Å². The first kappa shape index (κ1) is 19.3. The molecule has 0 spiro atoms. The summed E-state index contributed by atoms with van der Waals surface area (Å²) < 4.78 is 11.1. The van der Waals surface area contributed by atoms with E-state index in [2.05, 4.69) is 9.88 Å². The van der Waals surface area contributed by atoms with Crippen LogP contribution in [0, 0.1) is 0 Å². The maximum atomic E-state index is 11.1. The molecule has 2 aromatic carbocycles. The van der Waals surface area contributed by atoms with Crippen LogP contribution in [0.1, 0.15) is 17.2 Å². The van der Waals surface area contributed by atoms with E-state index in [1.165, 1.54) is 0 Å². The number of pyridine rings is 1. The number of methoxy groups -OCH3 is 2. The van der Waals surface area contributed by atoms with Gasteiger partial charge in [0.05, 0.1) is 26.3 Å². The molecule has 2 aromatic heterocycles. The second-order valence-electron chi connectivity index (χ2n) is 7.39. The molecule has 1 aliphatic rings. The maximum absolute atomic E-state index is 11.1. The SMILES string of the molecule is COc1ccc(OC)c2c1CN(c1nc(-c3cccnc3)nc3ccccc13)CC2O. The number of hydrogen-bond donors (Lipinski definition) is 1. The number of para-hydroxylation sites is 1. The van der Waals surface area contributed by atoms with Gasteiger partial charge in [0.25, 0.3) is 0 Å². The number of hydrogen-bond acceptors (Lipinski definition) is 7. The van der Waals surface area contributed by atoms with Crippen LogP contribution < -0.4 is 14.4 Å². The Hall–Kier alpha value is -3.71. The van der Waals surface area contributed by atoms with Crippen molar-refractivity contribution in [2.24, 2.45) is 0 Å². The zero-order chi connectivity index (χ0) is 21.4. The van der Waals surface area contributed by atoms with E-state index < -0.39 is 6.10 Å². The van der Waals surface area contributed by atoms with Crippen LogP contribution in [-0.2, 0) is 6.54 Å². The fourth-order valence-electron chi connectivity index (χ4n) is 4.16. The Labute approximate surface area is 179 Å². The Bertz CT molecular complexity index is 1250. The van der Waals surface area contributed by atoms with E-state index in [0.717, 1.165) is 33.4 Å². The summed E-state index contributed by atoms with van der Waals surface area (Å²) in [4.78, 5) is 15.9. The molecule has 0 fully saturated rings. The molecule has 1 atom stereocenters. The van der Waals surface area contributed by atoms with Crippen molar-refractivity contribution in [3.8, 4) is 22.9 Å². The third kappa shape index (κ3) is 3.33. The number of ether oxygens (including phenoxy) is 2. The van der Waals surface area contributed by atoms with Crippen molar-refractivity contribution in [2.45, 2.75) is 12.6 Å². The van der Waals surface area contributed by atoms with Crippen LogP contribution in [0.15, 0.2) is 60.9 Å².